The third-order valence-electron chi connectivity index (χ3n) is 3.77. The molecule has 1 aromatic rings. The summed E-state index contributed by atoms with van der Waals surface area (Å²) in [5.41, 5.74) is 8.97. The molecule has 4 nitrogen and oxygen atoms in total. The van der Waals surface area contributed by atoms with Crippen LogP contribution in [0.25, 0.3) is 0 Å². The van der Waals surface area contributed by atoms with E-state index in [-0.39, 0.29) is 5.84 Å². The Balaban J connectivity index is 2.37. The summed E-state index contributed by atoms with van der Waals surface area (Å²) in [6, 6.07) is 6.56. The van der Waals surface area contributed by atoms with Crippen LogP contribution in [0.2, 0.25) is 0 Å². The summed E-state index contributed by atoms with van der Waals surface area (Å²) in [5.74, 6) is 0.161. The lowest BCUT2D eigenvalue weighted by Crippen LogP contribution is -2.39. The van der Waals surface area contributed by atoms with E-state index in [1.165, 1.54) is 18.4 Å². The second-order valence-electron chi connectivity index (χ2n) is 5.64. The van der Waals surface area contributed by atoms with Crippen molar-refractivity contribution in [1.29, 1.82) is 5.41 Å². The molecule has 0 radical (unpaired) electrons. The van der Waals surface area contributed by atoms with Gasteiger partial charge >= 0.3 is 0 Å². The highest BCUT2D eigenvalue weighted by Gasteiger charge is 2.28. The lowest BCUT2D eigenvalue weighted by atomic mass is 10.0. The summed E-state index contributed by atoms with van der Waals surface area (Å²) in [4.78, 5) is 4.67. The first kappa shape index (κ1) is 13.9. The number of nitrogens with one attached hydrogen (secondary N) is 1. The Kier molecular flexibility index (Phi) is 4.10. The molecule has 1 aromatic carbocycles. The molecule has 1 saturated heterocycles. The van der Waals surface area contributed by atoms with Crippen LogP contribution in [0, 0.1) is 12.3 Å². The molecule has 19 heavy (non-hydrogen) atoms. The van der Waals surface area contributed by atoms with Crippen LogP contribution in [-0.2, 0) is 0 Å². The van der Waals surface area contributed by atoms with E-state index in [4.69, 9.17) is 11.1 Å². The molecule has 0 aromatic heterocycles. The van der Waals surface area contributed by atoms with Crippen molar-refractivity contribution in [3.63, 3.8) is 0 Å². The average Bonchev–Trinajstić information content (AvgIpc) is 2.75. The van der Waals surface area contributed by atoms with Crippen LogP contribution < -0.4 is 10.6 Å². The summed E-state index contributed by atoms with van der Waals surface area (Å²) in [7, 11) is 4.22. The van der Waals surface area contributed by atoms with Gasteiger partial charge in [0, 0.05) is 24.7 Å². The fourth-order valence-corrected chi connectivity index (χ4v) is 3.00. The van der Waals surface area contributed by atoms with Crippen LogP contribution in [0.4, 0.5) is 5.69 Å². The average molecular weight is 260 g/mol. The Bertz CT molecular complexity index is 467. The third-order valence-corrected chi connectivity index (χ3v) is 3.77. The van der Waals surface area contributed by atoms with Crippen molar-refractivity contribution in [2.45, 2.75) is 25.8 Å². The van der Waals surface area contributed by atoms with Gasteiger partial charge in [-0.25, -0.2) is 0 Å². The summed E-state index contributed by atoms with van der Waals surface area (Å²) in [6.07, 6.45) is 2.42. The molecule has 1 fully saturated rings. The zero-order valence-corrected chi connectivity index (χ0v) is 12.1. The number of amidine groups is 1. The molecule has 4 heteroatoms. The van der Waals surface area contributed by atoms with Crippen LogP contribution in [0.15, 0.2) is 18.2 Å². The Morgan fingerprint density at radius 3 is 2.84 bits per heavy atom. The van der Waals surface area contributed by atoms with Crippen LogP contribution >= 0.6 is 0 Å². The van der Waals surface area contributed by atoms with Gasteiger partial charge in [-0.05, 0) is 45.5 Å². The van der Waals surface area contributed by atoms with Gasteiger partial charge in [0.15, 0.2) is 0 Å². The largest absolute Gasteiger partial charge is 0.384 e. The molecule has 1 aliphatic rings. The number of nitrogen functional groups attached to an aromatic ring is 1. The van der Waals surface area contributed by atoms with E-state index < -0.39 is 0 Å². The minimum atomic E-state index is 0.161. The molecular weight excluding hydrogens is 236 g/mol. The number of nitrogens with zero attached hydrogens (tertiary/aromatic N) is 2. The van der Waals surface area contributed by atoms with Gasteiger partial charge in [0.25, 0.3) is 0 Å². The van der Waals surface area contributed by atoms with Crippen molar-refractivity contribution in [1.82, 2.24) is 4.90 Å². The maximum Gasteiger partial charge on any atom is 0.124 e. The number of benzene rings is 1. The Morgan fingerprint density at radius 1 is 1.47 bits per heavy atom. The molecular formula is C15H24N4. The molecule has 0 spiro atoms. The molecule has 104 valence electrons. The van der Waals surface area contributed by atoms with Gasteiger partial charge in [-0.3, -0.25) is 5.41 Å². The lowest BCUT2D eigenvalue weighted by Gasteiger charge is -2.31. The Hall–Kier alpha value is -1.55. The first-order valence-corrected chi connectivity index (χ1v) is 6.86. The highest BCUT2D eigenvalue weighted by atomic mass is 15.2. The minimum Gasteiger partial charge on any atom is -0.384 e. The summed E-state index contributed by atoms with van der Waals surface area (Å²) in [6.45, 7) is 4.21. The van der Waals surface area contributed by atoms with E-state index in [1.54, 1.807) is 0 Å². The highest BCUT2D eigenvalue weighted by Crippen LogP contribution is 2.31. The molecule has 0 amide bonds. The van der Waals surface area contributed by atoms with Crippen LogP contribution in [0.3, 0.4) is 0 Å². The predicted octanol–water partition coefficient (Wildman–Crippen LogP) is 1.81. The van der Waals surface area contributed by atoms with Crippen molar-refractivity contribution in [2.24, 2.45) is 5.73 Å². The zero-order chi connectivity index (χ0) is 14.0. The minimum absolute atomic E-state index is 0.161. The van der Waals surface area contributed by atoms with Crippen LogP contribution in [-0.4, -0.2) is 44.0 Å². The van der Waals surface area contributed by atoms with Gasteiger partial charge in [0.05, 0.1) is 5.69 Å². The van der Waals surface area contributed by atoms with Gasteiger partial charge in [0.1, 0.15) is 5.84 Å². The van der Waals surface area contributed by atoms with Crippen molar-refractivity contribution < 1.29 is 0 Å². The van der Waals surface area contributed by atoms with E-state index in [0.29, 0.717) is 6.04 Å². The SMILES string of the molecule is Cc1cccc(C(=N)N)c1N1CCCC1CN(C)C. The summed E-state index contributed by atoms with van der Waals surface area (Å²) in [5, 5.41) is 7.78. The number of hydrogen-bond acceptors (Lipinski definition) is 3. The first-order chi connectivity index (χ1) is 9.00. The first-order valence-electron chi connectivity index (χ1n) is 6.86. The second-order valence-corrected chi connectivity index (χ2v) is 5.64. The molecule has 0 saturated carbocycles. The maximum atomic E-state index is 7.78. The normalized spacial score (nSPS) is 19.2. The smallest absolute Gasteiger partial charge is 0.124 e. The number of likely N-dealkylation sites (N-methyl/N-ethyl adjacent to an activating group) is 1. The fourth-order valence-electron chi connectivity index (χ4n) is 3.00. The van der Waals surface area contributed by atoms with Crippen molar-refractivity contribution in [3.8, 4) is 0 Å². The van der Waals surface area contributed by atoms with Crippen molar-refractivity contribution in [3.05, 3.63) is 29.3 Å². The molecule has 0 bridgehead atoms. The van der Waals surface area contributed by atoms with E-state index in [9.17, 15) is 0 Å². The lowest BCUT2D eigenvalue weighted by molar-refractivity contribution is 0.372. The number of para-hydroxylation sites is 1. The monoisotopic (exact) mass is 260 g/mol. The van der Waals surface area contributed by atoms with E-state index in [1.807, 2.05) is 12.1 Å². The summed E-state index contributed by atoms with van der Waals surface area (Å²) < 4.78 is 0. The number of hydrogen-bond donors (Lipinski definition) is 2. The quantitative estimate of drug-likeness (QED) is 0.641. The van der Waals surface area contributed by atoms with Gasteiger partial charge in [0.2, 0.25) is 0 Å². The van der Waals surface area contributed by atoms with Crippen molar-refractivity contribution in [2.75, 3.05) is 32.1 Å². The molecule has 2 rings (SSSR count). The van der Waals surface area contributed by atoms with Gasteiger partial charge in [-0.1, -0.05) is 12.1 Å². The Labute approximate surface area is 115 Å². The van der Waals surface area contributed by atoms with E-state index in [2.05, 4.69) is 36.9 Å². The standard InChI is InChI=1S/C15H24N4/c1-11-6-4-8-13(15(16)17)14(11)19-9-5-7-12(19)10-18(2)3/h4,6,8,12H,5,7,9-10H2,1-3H3,(H3,16,17). The zero-order valence-electron chi connectivity index (χ0n) is 12.1. The van der Waals surface area contributed by atoms with Gasteiger partial charge < -0.3 is 15.5 Å². The van der Waals surface area contributed by atoms with Gasteiger partial charge in [-0.15, -0.1) is 0 Å². The number of anilines is 1. The molecule has 1 heterocycles. The molecule has 3 N–H and O–H groups in total. The molecule has 1 unspecified atom stereocenters. The number of nitrogens with two attached hydrogens (primary N) is 1. The molecule has 0 aliphatic carbocycles. The van der Waals surface area contributed by atoms with Crippen LogP contribution in [0.1, 0.15) is 24.0 Å². The van der Waals surface area contributed by atoms with E-state index in [0.717, 1.165) is 24.3 Å². The topological polar surface area (TPSA) is 56.4 Å². The van der Waals surface area contributed by atoms with Gasteiger partial charge in [-0.2, -0.15) is 0 Å². The fraction of sp³-hybridized carbons (Fsp3) is 0.533. The highest BCUT2D eigenvalue weighted by molar-refractivity contribution is 6.01. The van der Waals surface area contributed by atoms with E-state index >= 15 is 0 Å². The molecule has 1 atom stereocenters. The summed E-state index contributed by atoms with van der Waals surface area (Å²) >= 11 is 0. The Morgan fingerprint density at radius 2 is 2.21 bits per heavy atom. The number of aryl methyl sites for hydroxylation is 1. The number of rotatable bonds is 4. The second kappa shape index (κ2) is 5.61. The van der Waals surface area contributed by atoms with Crippen molar-refractivity contribution >= 4 is 11.5 Å². The third kappa shape index (κ3) is 2.89. The maximum absolute atomic E-state index is 7.78. The van der Waals surface area contributed by atoms with Crippen LogP contribution in [0.5, 0.6) is 0 Å². The molecule has 1 aliphatic heterocycles. The predicted molar refractivity (Wildman–Crippen MR) is 81.1 cm³/mol.